The lowest BCUT2D eigenvalue weighted by atomic mass is 10.1. The van der Waals surface area contributed by atoms with Gasteiger partial charge in [0.05, 0.1) is 0 Å². The van der Waals surface area contributed by atoms with Crippen LogP contribution in [0.15, 0.2) is 72.8 Å². The summed E-state index contributed by atoms with van der Waals surface area (Å²) in [5.74, 6) is 0.400. The average Bonchev–Trinajstić information content (AvgIpc) is 2.79. The molecule has 1 amide bonds. The lowest BCUT2D eigenvalue weighted by Crippen LogP contribution is -2.48. The van der Waals surface area contributed by atoms with Crippen molar-refractivity contribution in [3.63, 3.8) is 0 Å². The minimum absolute atomic E-state index is 0.0706. The molecule has 1 fully saturated rings. The molecule has 1 aliphatic rings. The molecule has 0 unspecified atom stereocenters. The Hall–Kier alpha value is -3.18. The molecular weight excluding hydrogens is 391 g/mol. The molecular formula is C26H27FN2O2. The monoisotopic (exact) mass is 418 g/mol. The van der Waals surface area contributed by atoms with Gasteiger partial charge >= 0.3 is 0 Å². The lowest BCUT2D eigenvalue weighted by Gasteiger charge is -2.34. The third-order valence-corrected chi connectivity index (χ3v) is 5.57. The molecule has 0 saturated carbocycles. The van der Waals surface area contributed by atoms with Gasteiger partial charge in [-0.05, 0) is 54.4 Å². The molecule has 0 radical (unpaired) electrons. The summed E-state index contributed by atoms with van der Waals surface area (Å²) >= 11 is 0. The number of halogens is 1. The number of ether oxygens (including phenoxy) is 1. The minimum atomic E-state index is -0.286. The maximum absolute atomic E-state index is 13.0. The number of carbonyl (C=O) groups is 1. The Kier molecular flexibility index (Phi) is 6.63. The van der Waals surface area contributed by atoms with E-state index in [1.54, 1.807) is 12.1 Å². The van der Waals surface area contributed by atoms with E-state index in [9.17, 15) is 9.18 Å². The molecule has 0 spiro atoms. The van der Waals surface area contributed by atoms with Crippen LogP contribution in [-0.4, -0.2) is 41.9 Å². The van der Waals surface area contributed by atoms with Crippen LogP contribution in [0.3, 0.4) is 0 Å². The number of piperazine rings is 1. The van der Waals surface area contributed by atoms with Crippen molar-refractivity contribution in [3.05, 3.63) is 101 Å². The van der Waals surface area contributed by atoms with Gasteiger partial charge in [0.2, 0.25) is 0 Å². The highest BCUT2D eigenvalue weighted by atomic mass is 19.1. The molecule has 0 bridgehead atoms. The molecule has 1 saturated heterocycles. The van der Waals surface area contributed by atoms with Gasteiger partial charge in [0.1, 0.15) is 18.2 Å². The molecule has 3 aromatic carbocycles. The van der Waals surface area contributed by atoms with Crippen LogP contribution in [0.5, 0.6) is 5.75 Å². The van der Waals surface area contributed by atoms with Gasteiger partial charge in [0.15, 0.2) is 0 Å². The third kappa shape index (κ3) is 5.70. The van der Waals surface area contributed by atoms with Gasteiger partial charge in [-0.15, -0.1) is 0 Å². The highest BCUT2D eigenvalue weighted by Gasteiger charge is 2.22. The second-order valence-electron chi connectivity index (χ2n) is 8.00. The maximum atomic E-state index is 13.0. The first-order valence-electron chi connectivity index (χ1n) is 10.6. The highest BCUT2D eigenvalue weighted by Crippen LogP contribution is 2.16. The molecule has 1 heterocycles. The number of carbonyl (C=O) groups excluding carboxylic acids is 1. The zero-order valence-electron chi connectivity index (χ0n) is 17.8. The fourth-order valence-electron chi connectivity index (χ4n) is 3.80. The summed E-state index contributed by atoms with van der Waals surface area (Å²) < 4.78 is 18.6. The van der Waals surface area contributed by atoms with E-state index in [0.717, 1.165) is 38.3 Å². The van der Waals surface area contributed by atoms with E-state index in [0.29, 0.717) is 17.9 Å². The first kappa shape index (κ1) is 21.1. The number of rotatable bonds is 6. The third-order valence-electron chi connectivity index (χ3n) is 5.57. The fourth-order valence-corrected chi connectivity index (χ4v) is 3.80. The van der Waals surface area contributed by atoms with Crippen molar-refractivity contribution in [1.82, 2.24) is 9.80 Å². The van der Waals surface area contributed by atoms with Gasteiger partial charge < -0.3 is 9.64 Å². The topological polar surface area (TPSA) is 32.8 Å². The van der Waals surface area contributed by atoms with Crippen LogP contribution in [-0.2, 0) is 13.2 Å². The zero-order valence-corrected chi connectivity index (χ0v) is 17.8. The Morgan fingerprint density at radius 2 is 1.61 bits per heavy atom. The van der Waals surface area contributed by atoms with E-state index < -0.39 is 0 Å². The molecule has 0 aromatic heterocycles. The first-order chi connectivity index (χ1) is 15.1. The number of benzene rings is 3. The largest absolute Gasteiger partial charge is 0.489 e. The second-order valence-corrected chi connectivity index (χ2v) is 8.00. The molecule has 0 aliphatic carbocycles. The summed E-state index contributed by atoms with van der Waals surface area (Å²) in [5.41, 5.74) is 4.25. The van der Waals surface area contributed by atoms with Crippen LogP contribution in [0.25, 0.3) is 0 Å². The number of aryl methyl sites for hydroxylation is 1. The molecule has 0 atom stereocenters. The highest BCUT2D eigenvalue weighted by molar-refractivity contribution is 5.94. The minimum Gasteiger partial charge on any atom is -0.489 e. The number of amides is 1. The van der Waals surface area contributed by atoms with E-state index in [4.69, 9.17) is 4.74 Å². The van der Waals surface area contributed by atoms with Crippen molar-refractivity contribution < 1.29 is 13.9 Å². The SMILES string of the molecule is Cc1cccc(CN2CCN(C(=O)c3ccc(COc4ccc(F)cc4)cc3)CC2)c1. The fraction of sp³-hybridized carbons (Fsp3) is 0.269. The van der Waals surface area contributed by atoms with E-state index in [1.165, 1.54) is 23.3 Å². The zero-order chi connectivity index (χ0) is 21.6. The maximum Gasteiger partial charge on any atom is 0.253 e. The average molecular weight is 419 g/mol. The molecule has 3 aromatic rings. The predicted molar refractivity (Wildman–Crippen MR) is 120 cm³/mol. The molecule has 5 heteroatoms. The Balaban J connectivity index is 1.27. The summed E-state index contributed by atoms with van der Waals surface area (Å²) in [6, 6.07) is 22.1. The van der Waals surface area contributed by atoms with Crippen molar-refractivity contribution in [2.75, 3.05) is 26.2 Å². The normalized spacial score (nSPS) is 14.5. The summed E-state index contributed by atoms with van der Waals surface area (Å²) in [7, 11) is 0. The summed E-state index contributed by atoms with van der Waals surface area (Å²) in [6.45, 7) is 6.64. The molecule has 1 aliphatic heterocycles. The Morgan fingerprint density at radius 1 is 0.903 bits per heavy atom. The quantitative estimate of drug-likeness (QED) is 0.583. The van der Waals surface area contributed by atoms with Gasteiger partial charge in [-0.3, -0.25) is 9.69 Å². The van der Waals surface area contributed by atoms with Gasteiger partial charge in [-0.1, -0.05) is 42.0 Å². The van der Waals surface area contributed by atoms with Crippen LogP contribution in [0, 0.1) is 12.7 Å². The number of hydrogen-bond acceptors (Lipinski definition) is 3. The Morgan fingerprint density at radius 3 is 2.29 bits per heavy atom. The van der Waals surface area contributed by atoms with Crippen LogP contribution in [0.4, 0.5) is 4.39 Å². The van der Waals surface area contributed by atoms with Crippen LogP contribution in [0.1, 0.15) is 27.0 Å². The molecule has 31 heavy (non-hydrogen) atoms. The smallest absolute Gasteiger partial charge is 0.253 e. The lowest BCUT2D eigenvalue weighted by molar-refractivity contribution is 0.0628. The van der Waals surface area contributed by atoms with Crippen molar-refractivity contribution in [3.8, 4) is 5.75 Å². The summed E-state index contributed by atoms with van der Waals surface area (Å²) in [5, 5.41) is 0. The number of hydrogen-bond donors (Lipinski definition) is 0. The standard InChI is InChI=1S/C26H27FN2O2/c1-20-3-2-4-22(17-20)18-28-13-15-29(16-14-28)26(30)23-7-5-21(6-8-23)19-31-25-11-9-24(27)10-12-25/h2-12,17H,13-16,18-19H2,1H3. The van der Waals surface area contributed by atoms with Crippen LogP contribution >= 0.6 is 0 Å². The van der Waals surface area contributed by atoms with Crippen LogP contribution < -0.4 is 4.74 Å². The Bertz CT molecular complexity index is 1010. The van der Waals surface area contributed by atoms with E-state index >= 15 is 0 Å². The van der Waals surface area contributed by atoms with E-state index in [1.807, 2.05) is 29.2 Å². The van der Waals surface area contributed by atoms with E-state index in [2.05, 4.69) is 36.1 Å². The van der Waals surface area contributed by atoms with Crippen LogP contribution in [0.2, 0.25) is 0 Å². The molecule has 4 rings (SSSR count). The molecule has 160 valence electrons. The predicted octanol–water partition coefficient (Wildman–Crippen LogP) is 4.67. The number of nitrogens with zero attached hydrogens (tertiary/aromatic N) is 2. The summed E-state index contributed by atoms with van der Waals surface area (Å²) in [6.07, 6.45) is 0. The second kappa shape index (κ2) is 9.75. The molecule has 4 nitrogen and oxygen atoms in total. The van der Waals surface area contributed by atoms with Gasteiger partial charge in [-0.25, -0.2) is 4.39 Å². The first-order valence-corrected chi connectivity index (χ1v) is 10.6. The molecule has 0 N–H and O–H groups in total. The van der Waals surface area contributed by atoms with Crippen molar-refractivity contribution >= 4 is 5.91 Å². The van der Waals surface area contributed by atoms with Gasteiger partial charge in [-0.2, -0.15) is 0 Å². The van der Waals surface area contributed by atoms with Gasteiger partial charge in [0.25, 0.3) is 5.91 Å². The van der Waals surface area contributed by atoms with E-state index in [-0.39, 0.29) is 11.7 Å². The Labute approximate surface area is 182 Å². The van der Waals surface area contributed by atoms with Crippen molar-refractivity contribution in [1.29, 1.82) is 0 Å². The van der Waals surface area contributed by atoms with Crippen molar-refractivity contribution in [2.24, 2.45) is 0 Å². The van der Waals surface area contributed by atoms with Gasteiger partial charge in [0, 0.05) is 38.3 Å². The van der Waals surface area contributed by atoms with Crippen molar-refractivity contribution in [2.45, 2.75) is 20.1 Å². The summed E-state index contributed by atoms with van der Waals surface area (Å²) in [4.78, 5) is 17.2.